The van der Waals surface area contributed by atoms with Crippen molar-refractivity contribution in [2.24, 2.45) is 0 Å². The minimum absolute atomic E-state index is 0.133. The molecule has 1 unspecified atom stereocenters. The van der Waals surface area contributed by atoms with Crippen molar-refractivity contribution in [2.45, 2.75) is 25.8 Å². The predicted molar refractivity (Wildman–Crippen MR) is 95.7 cm³/mol. The highest BCUT2D eigenvalue weighted by Crippen LogP contribution is 2.34. The van der Waals surface area contributed by atoms with E-state index < -0.39 is 0 Å². The smallest absolute Gasteiger partial charge is 0.271 e. The molecule has 1 fully saturated rings. The van der Waals surface area contributed by atoms with Gasteiger partial charge in [-0.1, -0.05) is 0 Å². The monoisotopic (exact) mass is 341 g/mol. The average Bonchev–Trinajstić information content (AvgIpc) is 3.12. The lowest BCUT2D eigenvalue weighted by Crippen LogP contribution is -2.27. The van der Waals surface area contributed by atoms with E-state index in [1.165, 1.54) is 0 Å². The Morgan fingerprint density at radius 3 is 2.64 bits per heavy atom. The fraction of sp³-hybridized carbons (Fsp3) is 0.471. The molecule has 0 aliphatic carbocycles. The maximum absolute atomic E-state index is 11.8. The third kappa shape index (κ3) is 3.67. The summed E-state index contributed by atoms with van der Waals surface area (Å²) in [5, 5.41) is 19.7. The van der Waals surface area contributed by atoms with E-state index in [4.69, 9.17) is 0 Å². The first-order valence-electron chi connectivity index (χ1n) is 8.49. The van der Waals surface area contributed by atoms with Crippen molar-refractivity contribution < 1.29 is 4.79 Å². The molecule has 8 heteroatoms. The maximum atomic E-state index is 11.8. The number of nitrogens with zero attached hydrogens (tertiary/aromatic N) is 6. The first-order valence-corrected chi connectivity index (χ1v) is 8.49. The average molecular weight is 341 g/mol. The van der Waals surface area contributed by atoms with Crippen molar-refractivity contribution in [1.29, 1.82) is 0 Å². The van der Waals surface area contributed by atoms with E-state index in [0.29, 0.717) is 12.2 Å². The number of rotatable bonds is 5. The number of anilines is 2. The number of hydrogen-bond donors (Lipinski definition) is 1. The Balaban J connectivity index is 1.78. The number of aromatic nitrogens is 4. The van der Waals surface area contributed by atoms with E-state index in [9.17, 15) is 4.79 Å². The predicted octanol–water partition coefficient (Wildman–Crippen LogP) is 1.42. The van der Waals surface area contributed by atoms with E-state index in [0.717, 1.165) is 36.7 Å². The summed E-state index contributed by atoms with van der Waals surface area (Å²) >= 11 is 0. The molecule has 3 rings (SSSR count). The molecule has 1 N–H and O–H groups in total. The molecule has 3 heterocycles. The van der Waals surface area contributed by atoms with E-state index in [1.54, 1.807) is 6.07 Å². The Morgan fingerprint density at radius 2 is 2.04 bits per heavy atom. The zero-order chi connectivity index (χ0) is 17.8. The van der Waals surface area contributed by atoms with E-state index in [-0.39, 0.29) is 11.9 Å². The van der Waals surface area contributed by atoms with Crippen LogP contribution in [0.5, 0.6) is 0 Å². The molecule has 132 valence electrons. The maximum Gasteiger partial charge on any atom is 0.271 e. The molecule has 8 nitrogen and oxygen atoms in total. The van der Waals surface area contributed by atoms with Gasteiger partial charge in [-0.05, 0) is 44.0 Å². The topological polar surface area (TPSA) is 87.1 Å². The molecule has 0 aromatic carbocycles. The standard InChI is InChI=1S/C17H23N7O/c1-4-18-17(25)13-8-10-16(22-20-13)24-11-5-6-14(24)12-7-9-15(21-19-12)23(2)3/h7-10,14H,4-6,11H2,1-3H3,(H,18,25). The summed E-state index contributed by atoms with van der Waals surface area (Å²) in [6.45, 7) is 3.33. The SMILES string of the molecule is CCNC(=O)c1ccc(N2CCCC2c2ccc(N(C)C)nn2)nn1. The van der Waals surface area contributed by atoms with Crippen LogP contribution in [-0.2, 0) is 0 Å². The van der Waals surface area contributed by atoms with Crippen molar-refractivity contribution in [2.75, 3.05) is 37.0 Å². The van der Waals surface area contributed by atoms with Crippen LogP contribution in [0, 0.1) is 0 Å². The second kappa shape index (κ2) is 7.42. The summed E-state index contributed by atoms with van der Waals surface area (Å²) in [5.74, 6) is 1.39. The fourth-order valence-corrected chi connectivity index (χ4v) is 2.95. The molecule has 1 aliphatic rings. The molecule has 1 aliphatic heterocycles. The van der Waals surface area contributed by atoms with Gasteiger partial charge in [0.2, 0.25) is 0 Å². The van der Waals surface area contributed by atoms with Crippen LogP contribution in [-0.4, -0.2) is 53.5 Å². The molecular weight excluding hydrogens is 318 g/mol. The minimum Gasteiger partial charge on any atom is -0.361 e. The summed E-state index contributed by atoms with van der Waals surface area (Å²) < 4.78 is 0. The number of nitrogens with one attached hydrogen (secondary N) is 1. The van der Waals surface area contributed by atoms with Crippen LogP contribution < -0.4 is 15.1 Å². The van der Waals surface area contributed by atoms with Gasteiger partial charge >= 0.3 is 0 Å². The van der Waals surface area contributed by atoms with Gasteiger partial charge < -0.3 is 15.1 Å². The van der Waals surface area contributed by atoms with Gasteiger partial charge in [-0.25, -0.2) is 0 Å². The molecule has 1 amide bonds. The van der Waals surface area contributed by atoms with Crippen LogP contribution in [0.4, 0.5) is 11.6 Å². The zero-order valence-electron chi connectivity index (χ0n) is 14.8. The van der Waals surface area contributed by atoms with Crippen LogP contribution in [0.15, 0.2) is 24.3 Å². The van der Waals surface area contributed by atoms with Crippen LogP contribution in [0.2, 0.25) is 0 Å². The van der Waals surface area contributed by atoms with Gasteiger partial charge in [0.1, 0.15) is 0 Å². The van der Waals surface area contributed by atoms with Crippen molar-refractivity contribution in [3.63, 3.8) is 0 Å². The van der Waals surface area contributed by atoms with Gasteiger partial charge in [0.15, 0.2) is 17.3 Å². The number of carbonyl (C=O) groups is 1. The van der Waals surface area contributed by atoms with Crippen molar-refractivity contribution in [3.05, 3.63) is 35.7 Å². The zero-order valence-corrected chi connectivity index (χ0v) is 14.8. The molecule has 1 atom stereocenters. The van der Waals surface area contributed by atoms with Crippen molar-refractivity contribution in [3.8, 4) is 0 Å². The normalized spacial score (nSPS) is 16.8. The highest BCUT2D eigenvalue weighted by molar-refractivity contribution is 5.92. The van der Waals surface area contributed by atoms with Crippen molar-refractivity contribution >= 4 is 17.5 Å². The number of amides is 1. The molecule has 0 spiro atoms. The summed E-state index contributed by atoms with van der Waals surface area (Å²) in [5.41, 5.74) is 1.26. The summed E-state index contributed by atoms with van der Waals surface area (Å²) in [6, 6.07) is 7.68. The second-order valence-corrected chi connectivity index (χ2v) is 6.20. The Hall–Kier alpha value is -2.77. The van der Waals surface area contributed by atoms with Crippen LogP contribution in [0.3, 0.4) is 0 Å². The molecule has 0 radical (unpaired) electrons. The molecule has 25 heavy (non-hydrogen) atoms. The van der Waals surface area contributed by atoms with Gasteiger partial charge in [0.25, 0.3) is 5.91 Å². The molecule has 2 aromatic heterocycles. The van der Waals surface area contributed by atoms with Crippen LogP contribution >= 0.6 is 0 Å². The van der Waals surface area contributed by atoms with Gasteiger partial charge in [-0.2, -0.15) is 5.10 Å². The summed E-state index contributed by atoms with van der Waals surface area (Å²) in [6.07, 6.45) is 2.05. The molecule has 0 bridgehead atoms. The molecule has 2 aromatic rings. The third-order valence-corrected chi connectivity index (χ3v) is 4.24. The quantitative estimate of drug-likeness (QED) is 0.880. The van der Waals surface area contributed by atoms with Crippen LogP contribution in [0.1, 0.15) is 42.0 Å². The summed E-state index contributed by atoms with van der Waals surface area (Å²) in [4.78, 5) is 15.9. The largest absolute Gasteiger partial charge is 0.361 e. The lowest BCUT2D eigenvalue weighted by atomic mass is 10.1. The molecule has 1 saturated heterocycles. The van der Waals surface area contributed by atoms with Crippen molar-refractivity contribution in [1.82, 2.24) is 25.7 Å². The Bertz CT molecular complexity index is 715. The lowest BCUT2D eigenvalue weighted by Gasteiger charge is -2.24. The highest BCUT2D eigenvalue weighted by atomic mass is 16.1. The van der Waals surface area contributed by atoms with E-state index in [1.807, 2.05) is 44.1 Å². The van der Waals surface area contributed by atoms with Gasteiger partial charge in [0, 0.05) is 27.2 Å². The Labute approximate surface area is 147 Å². The Kier molecular flexibility index (Phi) is 5.06. The van der Waals surface area contributed by atoms with Gasteiger partial charge in [-0.15, -0.1) is 15.3 Å². The fourth-order valence-electron chi connectivity index (χ4n) is 2.95. The second-order valence-electron chi connectivity index (χ2n) is 6.20. The molecular formula is C17H23N7O. The lowest BCUT2D eigenvalue weighted by molar-refractivity contribution is 0.0950. The van der Waals surface area contributed by atoms with Crippen LogP contribution in [0.25, 0.3) is 0 Å². The third-order valence-electron chi connectivity index (χ3n) is 4.24. The first kappa shape index (κ1) is 17.1. The van der Waals surface area contributed by atoms with E-state index in [2.05, 4.69) is 30.6 Å². The number of carbonyl (C=O) groups excluding carboxylic acids is 1. The molecule has 0 saturated carbocycles. The Morgan fingerprint density at radius 1 is 1.20 bits per heavy atom. The number of hydrogen-bond acceptors (Lipinski definition) is 7. The highest BCUT2D eigenvalue weighted by Gasteiger charge is 2.29. The van der Waals surface area contributed by atoms with E-state index >= 15 is 0 Å². The van der Waals surface area contributed by atoms with Gasteiger partial charge in [-0.3, -0.25) is 4.79 Å². The minimum atomic E-state index is -0.204. The summed E-state index contributed by atoms with van der Waals surface area (Å²) in [7, 11) is 3.88. The van der Waals surface area contributed by atoms with Gasteiger partial charge in [0.05, 0.1) is 11.7 Å². The first-order chi connectivity index (χ1) is 12.1.